The lowest BCUT2D eigenvalue weighted by Crippen LogP contribution is -2.65. The zero-order valence-electron chi connectivity index (χ0n) is 14.5. The molecule has 2 aliphatic rings. The first-order valence-electron chi connectivity index (χ1n) is 8.42. The summed E-state index contributed by atoms with van der Waals surface area (Å²) in [5.74, 6) is -0.875. The van der Waals surface area contributed by atoms with Crippen molar-refractivity contribution in [3.8, 4) is 0 Å². The van der Waals surface area contributed by atoms with Crippen molar-refractivity contribution in [2.45, 2.75) is 24.7 Å². The Morgan fingerprint density at radius 1 is 1.36 bits per heavy atom. The molecule has 1 saturated heterocycles. The molecule has 1 fully saturated rings. The second-order valence-corrected chi connectivity index (χ2v) is 6.70. The maximum atomic E-state index is 13.4. The predicted molar refractivity (Wildman–Crippen MR) is 92.0 cm³/mol. The van der Waals surface area contributed by atoms with Crippen LogP contribution in [0, 0.1) is 5.41 Å². The van der Waals surface area contributed by atoms with Gasteiger partial charge < -0.3 is 20.6 Å². The molecule has 2 aliphatic heterocycles. The average molecular weight is 345 g/mol. The van der Waals surface area contributed by atoms with Gasteiger partial charge in [0, 0.05) is 39.4 Å². The van der Waals surface area contributed by atoms with Crippen LogP contribution in [0.25, 0.3) is 0 Å². The van der Waals surface area contributed by atoms with Crippen LogP contribution in [-0.2, 0) is 19.8 Å². The highest BCUT2D eigenvalue weighted by Crippen LogP contribution is 2.57. The number of fused-ring (bicyclic) bond motifs is 2. The molecule has 7 heteroatoms. The molecule has 2 heterocycles. The first-order valence-corrected chi connectivity index (χ1v) is 8.42. The number of hydrogen-bond acceptors (Lipinski definition) is 4. The topological polar surface area (TPSA) is 98.7 Å². The second-order valence-electron chi connectivity index (χ2n) is 6.70. The van der Waals surface area contributed by atoms with Crippen LogP contribution < -0.4 is 15.5 Å². The number of aliphatic hydroxyl groups excluding tert-OH is 1. The maximum absolute atomic E-state index is 13.4. The Morgan fingerprint density at radius 2 is 2.08 bits per heavy atom. The van der Waals surface area contributed by atoms with Gasteiger partial charge in [-0.15, -0.1) is 0 Å². The van der Waals surface area contributed by atoms with Gasteiger partial charge in [-0.2, -0.15) is 0 Å². The first-order chi connectivity index (χ1) is 11.9. The van der Waals surface area contributed by atoms with Crippen molar-refractivity contribution < 1.29 is 19.5 Å². The van der Waals surface area contributed by atoms with Crippen LogP contribution in [0.2, 0.25) is 0 Å². The summed E-state index contributed by atoms with van der Waals surface area (Å²) in [6.07, 6.45) is 0.292. The average Bonchev–Trinajstić information content (AvgIpc) is 2.83. The van der Waals surface area contributed by atoms with E-state index >= 15 is 0 Å². The summed E-state index contributed by atoms with van der Waals surface area (Å²) in [5, 5.41) is 15.0. The lowest BCUT2D eigenvalue weighted by atomic mass is 9.53. The fourth-order valence-corrected chi connectivity index (χ4v) is 4.51. The molecular formula is C18H23N3O4. The van der Waals surface area contributed by atoms with E-state index in [1.54, 1.807) is 11.9 Å². The molecule has 134 valence electrons. The lowest BCUT2D eigenvalue weighted by Gasteiger charge is -2.49. The Labute approximate surface area is 146 Å². The summed E-state index contributed by atoms with van der Waals surface area (Å²) < 4.78 is 0. The van der Waals surface area contributed by atoms with E-state index in [-0.39, 0.29) is 37.2 Å². The van der Waals surface area contributed by atoms with Crippen LogP contribution >= 0.6 is 0 Å². The van der Waals surface area contributed by atoms with Gasteiger partial charge in [0.2, 0.25) is 17.7 Å². The molecule has 3 rings (SSSR count). The van der Waals surface area contributed by atoms with E-state index in [4.69, 9.17) is 0 Å². The molecule has 0 unspecified atom stereocenters. The SMILES string of the molecule is CNC(=O)C[C@@]1(CCO)C(=O)NCC[C@@]12C(=O)N(C)c1ccccc12. The molecule has 2 atom stereocenters. The summed E-state index contributed by atoms with van der Waals surface area (Å²) in [5.41, 5.74) is -0.954. The largest absolute Gasteiger partial charge is 0.396 e. The summed E-state index contributed by atoms with van der Waals surface area (Å²) in [6, 6.07) is 7.38. The quantitative estimate of drug-likeness (QED) is 0.711. The van der Waals surface area contributed by atoms with Gasteiger partial charge in [-0.3, -0.25) is 14.4 Å². The fourth-order valence-electron chi connectivity index (χ4n) is 4.51. The minimum absolute atomic E-state index is 0.0418. The van der Waals surface area contributed by atoms with Crippen LogP contribution in [0.5, 0.6) is 0 Å². The summed E-state index contributed by atoms with van der Waals surface area (Å²) in [4.78, 5) is 40.2. The van der Waals surface area contributed by atoms with Gasteiger partial charge >= 0.3 is 0 Å². The summed E-state index contributed by atoms with van der Waals surface area (Å²) in [7, 11) is 3.19. The summed E-state index contributed by atoms with van der Waals surface area (Å²) >= 11 is 0. The molecule has 0 bridgehead atoms. The molecule has 3 N–H and O–H groups in total. The van der Waals surface area contributed by atoms with Gasteiger partial charge in [0.05, 0.1) is 10.8 Å². The number of piperidine rings is 1. The smallest absolute Gasteiger partial charge is 0.238 e. The molecule has 1 spiro atoms. The van der Waals surface area contributed by atoms with Crippen molar-refractivity contribution in [2.75, 3.05) is 32.1 Å². The number of amides is 3. The van der Waals surface area contributed by atoms with E-state index < -0.39 is 10.8 Å². The van der Waals surface area contributed by atoms with Gasteiger partial charge in [-0.1, -0.05) is 18.2 Å². The molecule has 7 nitrogen and oxygen atoms in total. The number of carbonyl (C=O) groups excluding carboxylic acids is 3. The molecule has 0 radical (unpaired) electrons. The summed E-state index contributed by atoms with van der Waals surface area (Å²) in [6.45, 7) is 0.0684. The third-order valence-electron chi connectivity index (χ3n) is 5.71. The number of anilines is 1. The first kappa shape index (κ1) is 17.4. The van der Waals surface area contributed by atoms with Crippen molar-refractivity contribution >= 4 is 23.4 Å². The highest BCUT2D eigenvalue weighted by atomic mass is 16.3. The molecule has 25 heavy (non-hydrogen) atoms. The van der Waals surface area contributed by atoms with Crippen LogP contribution in [-0.4, -0.2) is 50.1 Å². The molecule has 0 aliphatic carbocycles. The number of carbonyl (C=O) groups is 3. The van der Waals surface area contributed by atoms with Crippen molar-refractivity contribution in [3.63, 3.8) is 0 Å². The van der Waals surface area contributed by atoms with Gasteiger partial charge in [-0.25, -0.2) is 0 Å². The fraction of sp³-hybridized carbons (Fsp3) is 0.500. The van der Waals surface area contributed by atoms with E-state index in [1.165, 1.54) is 7.05 Å². The van der Waals surface area contributed by atoms with E-state index in [1.807, 2.05) is 24.3 Å². The second kappa shape index (κ2) is 6.15. The van der Waals surface area contributed by atoms with E-state index in [0.29, 0.717) is 13.0 Å². The number of rotatable bonds is 4. The van der Waals surface area contributed by atoms with Crippen LogP contribution in [0.15, 0.2) is 24.3 Å². The highest BCUT2D eigenvalue weighted by Gasteiger charge is 2.67. The molecule has 3 amide bonds. The third-order valence-corrected chi connectivity index (χ3v) is 5.71. The van der Waals surface area contributed by atoms with Crippen molar-refractivity contribution in [3.05, 3.63) is 29.8 Å². The zero-order chi connectivity index (χ0) is 18.2. The minimum atomic E-state index is -1.32. The van der Waals surface area contributed by atoms with E-state index in [0.717, 1.165) is 11.3 Å². The monoisotopic (exact) mass is 345 g/mol. The van der Waals surface area contributed by atoms with Crippen molar-refractivity contribution in [1.82, 2.24) is 10.6 Å². The molecule has 0 saturated carbocycles. The molecular weight excluding hydrogens is 322 g/mol. The third kappa shape index (κ3) is 2.18. The van der Waals surface area contributed by atoms with E-state index in [2.05, 4.69) is 10.6 Å². The molecule has 1 aromatic carbocycles. The minimum Gasteiger partial charge on any atom is -0.396 e. The number of hydrogen-bond donors (Lipinski definition) is 3. The number of benzene rings is 1. The Bertz CT molecular complexity index is 735. The Hall–Kier alpha value is -2.41. The van der Waals surface area contributed by atoms with Gasteiger partial charge in [0.1, 0.15) is 0 Å². The normalized spacial score (nSPS) is 28.0. The standard InChI is InChI=1S/C18H23N3O4/c1-19-14(23)11-17(8-10-22)15(24)20-9-7-18(17)12-5-3-4-6-13(12)21(2)16(18)25/h3-6,22H,7-11H2,1-2H3,(H,19,23)(H,20,24)/t17-,18+/m0/s1. The maximum Gasteiger partial charge on any atom is 0.238 e. The lowest BCUT2D eigenvalue weighted by molar-refractivity contribution is -0.152. The van der Waals surface area contributed by atoms with Crippen molar-refractivity contribution in [1.29, 1.82) is 0 Å². The van der Waals surface area contributed by atoms with Gasteiger partial charge in [0.15, 0.2) is 0 Å². The Balaban J connectivity index is 2.28. The Morgan fingerprint density at radius 3 is 2.76 bits per heavy atom. The molecule has 1 aromatic rings. The Kier molecular flexibility index (Phi) is 4.28. The highest BCUT2D eigenvalue weighted by molar-refractivity contribution is 6.12. The number of para-hydroxylation sites is 1. The van der Waals surface area contributed by atoms with Crippen molar-refractivity contribution in [2.24, 2.45) is 5.41 Å². The number of nitrogens with one attached hydrogen (secondary N) is 2. The van der Waals surface area contributed by atoms with Gasteiger partial charge in [-0.05, 0) is 24.5 Å². The van der Waals surface area contributed by atoms with Crippen LogP contribution in [0.1, 0.15) is 24.8 Å². The van der Waals surface area contributed by atoms with Crippen LogP contribution in [0.4, 0.5) is 5.69 Å². The number of nitrogens with zero attached hydrogens (tertiary/aromatic N) is 1. The molecule has 0 aromatic heterocycles. The van der Waals surface area contributed by atoms with E-state index in [9.17, 15) is 19.5 Å². The van der Waals surface area contributed by atoms with Gasteiger partial charge in [0.25, 0.3) is 0 Å². The predicted octanol–water partition coefficient (Wildman–Crippen LogP) is -0.0744. The number of aliphatic hydroxyl groups is 1. The number of likely N-dealkylation sites (N-methyl/N-ethyl adjacent to an activating group) is 1. The zero-order valence-corrected chi connectivity index (χ0v) is 14.5. The van der Waals surface area contributed by atoms with Crippen LogP contribution in [0.3, 0.4) is 0 Å².